The molecule has 3 heterocycles. The minimum absolute atomic E-state index is 0.678. The molecule has 0 radical (unpaired) electrons. The van der Waals surface area contributed by atoms with Crippen LogP contribution in [0.4, 0.5) is 5.95 Å². The highest BCUT2D eigenvalue weighted by molar-refractivity contribution is 5.28. The van der Waals surface area contributed by atoms with Crippen molar-refractivity contribution in [2.75, 3.05) is 18.4 Å². The predicted octanol–water partition coefficient (Wildman–Crippen LogP) is 3.55. The molecule has 0 aliphatic carbocycles. The first-order chi connectivity index (χ1) is 13.3. The highest BCUT2D eigenvalue weighted by atomic mass is 15.2. The molecule has 138 valence electrons. The van der Waals surface area contributed by atoms with Gasteiger partial charge in [-0.1, -0.05) is 36.4 Å². The highest BCUT2D eigenvalue weighted by Gasteiger charge is 2.23. The Labute approximate surface area is 160 Å². The van der Waals surface area contributed by atoms with Gasteiger partial charge in [0.1, 0.15) is 0 Å². The Balaban J connectivity index is 1.25. The van der Waals surface area contributed by atoms with Crippen molar-refractivity contribution in [2.24, 2.45) is 5.92 Å². The molecule has 4 rings (SSSR count). The van der Waals surface area contributed by atoms with E-state index in [1.54, 1.807) is 0 Å². The van der Waals surface area contributed by atoms with Crippen molar-refractivity contribution in [3.8, 4) is 0 Å². The minimum Gasteiger partial charge on any atom is -0.350 e. The van der Waals surface area contributed by atoms with Crippen molar-refractivity contribution in [1.82, 2.24) is 19.9 Å². The number of hydrogen-bond acceptors (Lipinski definition) is 5. The number of likely N-dealkylation sites (tertiary alicyclic amines) is 1. The summed E-state index contributed by atoms with van der Waals surface area (Å²) in [6.45, 7) is 3.90. The van der Waals surface area contributed by atoms with E-state index in [1.165, 1.54) is 23.2 Å². The molecule has 27 heavy (non-hydrogen) atoms. The Morgan fingerprint density at radius 3 is 2.52 bits per heavy atom. The van der Waals surface area contributed by atoms with Gasteiger partial charge in [0, 0.05) is 49.5 Å². The van der Waals surface area contributed by atoms with Gasteiger partial charge in [0.2, 0.25) is 5.95 Å². The first-order valence-corrected chi connectivity index (χ1v) is 9.56. The van der Waals surface area contributed by atoms with E-state index in [0.717, 1.165) is 32.6 Å². The van der Waals surface area contributed by atoms with E-state index in [2.05, 4.69) is 49.4 Å². The smallest absolute Gasteiger partial charge is 0.222 e. The van der Waals surface area contributed by atoms with E-state index < -0.39 is 0 Å². The van der Waals surface area contributed by atoms with Gasteiger partial charge < -0.3 is 5.32 Å². The van der Waals surface area contributed by atoms with Gasteiger partial charge in [-0.25, -0.2) is 9.97 Å². The molecular weight excluding hydrogens is 334 g/mol. The van der Waals surface area contributed by atoms with Crippen LogP contribution in [-0.2, 0) is 19.5 Å². The molecule has 1 unspecified atom stereocenters. The number of anilines is 1. The lowest BCUT2D eigenvalue weighted by molar-refractivity contribution is 0.315. The average Bonchev–Trinajstić information content (AvgIpc) is 3.16. The molecule has 2 aromatic heterocycles. The molecule has 5 heteroatoms. The van der Waals surface area contributed by atoms with Crippen molar-refractivity contribution >= 4 is 5.95 Å². The molecule has 3 aromatic rings. The molecule has 0 saturated carbocycles. The fourth-order valence-electron chi connectivity index (χ4n) is 3.60. The van der Waals surface area contributed by atoms with Crippen LogP contribution in [0.15, 0.2) is 67.1 Å². The summed E-state index contributed by atoms with van der Waals surface area (Å²) in [5, 5.41) is 3.27. The van der Waals surface area contributed by atoms with Crippen LogP contribution in [0.1, 0.15) is 23.2 Å². The molecule has 0 amide bonds. The zero-order valence-electron chi connectivity index (χ0n) is 15.5. The number of nitrogens with one attached hydrogen (secondary N) is 1. The van der Waals surface area contributed by atoms with Crippen LogP contribution in [0.5, 0.6) is 0 Å². The Morgan fingerprint density at radius 2 is 1.74 bits per heavy atom. The van der Waals surface area contributed by atoms with E-state index in [1.807, 2.05) is 42.9 Å². The Bertz CT molecular complexity index is 820. The Hall–Kier alpha value is -2.79. The molecule has 1 aromatic carbocycles. The van der Waals surface area contributed by atoms with Crippen LogP contribution in [0.2, 0.25) is 0 Å². The lowest BCUT2D eigenvalue weighted by atomic mass is 10.0. The van der Waals surface area contributed by atoms with E-state index in [9.17, 15) is 0 Å². The summed E-state index contributed by atoms with van der Waals surface area (Å²) < 4.78 is 0. The van der Waals surface area contributed by atoms with Gasteiger partial charge in [-0.05, 0) is 43.0 Å². The van der Waals surface area contributed by atoms with Crippen molar-refractivity contribution < 1.29 is 0 Å². The fourth-order valence-corrected chi connectivity index (χ4v) is 3.60. The molecule has 5 nitrogen and oxygen atoms in total. The predicted molar refractivity (Wildman–Crippen MR) is 107 cm³/mol. The first kappa shape index (κ1) is 17.6. The maximum Gasteiger partial charge on any atom is 0.222 e. The SMILES string of the molecule is c1ccc(CNc2ncc(CN3CCC(Cc4ccccn4)C3)cn2)cc1. The van der Waals surface area contributed by atoms with Gasteiger partial charge in [-0.15, -0.1) is 0 Å². The minimum atomic E-state index is 0.678. The third kappa shape index (κ3) is 5.11. The van der Waals surface area contributed by atoms with Gasteiger partial charge in [-0.2, -0.15) is 0 Å². The number of pyridine rings is 1. The second kappa shape index (κ2) is 8.73. The van der Waals surface area contributed by atoms with E-state index in [-0.39, 0.29) is 0 Å². The third-order valence-corrected chi connectivity index (χ3v) is 5.00. The molecule has 1 saturated heterocycles. The Morgan fingerprint density at radius 1 is 0.926 bits per heavy atom. The second-order valence-electron chi connectivity index (χ2n) is 7.17. The quantitative estimate of drug-likeness (QED) is 0.699. The van der Waals surface area contributed by atoms with Gasteiger partial charge in [-0.3, -0.25) is 9.88 Å². The summed E-state index contributed by atoms with van der Waals surface area (Å²) in [7, 11) is 0. The zero-order chi connectivity index (χ0) is 18.3. The number of rotatable bonds is 7. The largest absolute Gasteiger partial charge is 0.350 e. The molecular formula is C22H25N5. The van der Waals surface area contributed by atoms with E-state index in [0.29, 0.717) is 11.9 Å². The summed E-state index contributed by atoms with van der Waals surface area (Å²) in [4.78, 5) is 15.9. The molecule has 1 aliphatic rings. The van der Waals surface area contributed by atoms with Crippen LogP contribution in [0.25, 0.3) is 0 Å². The second-order valence-corrected chi connectivity index (χ2v) is 7.17. The summed E-state index contributed by atoms with van der Waals surface area (Å²) in [6, 6.07) is 16.5. The zero-order valence-corrected chi connectivity index (χ0v) is 15.5. The number of aromatic nitrogens is 3. The van der Waals surface area contributed by atoms with E-state index >= 15 is 0 Å². The Kier molecular flexibility index (Phi) is 5.70. The molecule has 0 bridgehead atoms. The maximum absolute atomic E-state index is 4.46. The normalized spacial score (nSPS) is 17.1. The van der Waals surface area contributed by atoms with Crippen LogP contribution < -0.4 is 5.32 Å². The first-order valence-electron chi connectivity index (χ1n) is 9.56. The third-order valence-electron chi connectivity index (χ3n) is 5.00. The van der Waals surface area contributed by atoms with Gasteiger partial charge >= 0.3 is 0 Å². The summed E-state index contributed by atoms with van der Waals surface area (Å²) in [5.41, 5.74) is 3.58. The lowest BCUT2D eigenvalue weighted by Gasteiger charge is -2.16. The van der Waals surface area contributed by atoms with E-state index in [4.69, 9.17) is 0 Å². The van der Waals surface area contributed by atoms with Crippen molar-refractivity contribution in [1.29, 1.82) is 0 Å². The molecule has 1 fully saturated rings. The standard InChI is InChI=1S/C22H25N5/c1-2-6-18(7-3-1)13-24-22-25-14-20(15-26-22)17-27-11-9-19(16-27)12-21-8-4-5-10-23-21/h1-8,10,14-15,19H,9,11-13,16-17H2,(H,24,25,26). The molecule has 0 spiro atoms. The molecule has 1 atom stereocenters. The number of benzene rings is 1. The van der Waals surface area contributed by atoms with Gasteiger partial charge in [0.05, 0.1) is 0 Å². The van der Waals surface area contributed by atoms with Gasteiger partial charge in [0.25, 0.3) is 0 Å². The average molecular weight is 359 g/mol. The summed E-state index contributed by atoms with van der Waals surface area (Å²) in [6.07, 6.45) is 8.05. The van der Waals surface area contributed by atoms with Crippen molar-refractivity contribution in [3.05, 3.63) is 83.9 Å². The number of hydrogen-bond donors (Lipinski definition) is 1. The van der Waals surface area contributed by atoms with Gasteiger partial charge in [0.15, 0.2) is 0 Å². The maximum atomic E-state index is 4.46. The van der Waals surface area contributed by atoms with Crippen LogP contribution in [-0.4, -0.2) is 32.9 Å². The molecule has 1 N–H and O–H groups in total. The lowest BCUT2D eigenvalue weighted by Crippen LogP contribution is -2.21. The van der Waals surface area contributed by atoms with Crippen molar-refractivity contribution in [2.45, 2.75) is 25.9 Å². The molecule has 1 aliphatic heterocycles. The van der Waals surface area contributed by atoms with Crippen LogP contribution >= 0.6 is 0 Å². The monoisotopic (exact) mass is 359 g/mol. The number of nitrogens with zero attached hydrogens (tertiary/aromatic N) is 4. The van der Waals surface area contributed by atoms with Crippen LogP contribution in [0, 0.1) is 5.92 Å². The van der Waals surface area contributed by atoms with Crippen LogP contribution in [0.3, 0.4) is 0 Å². The summed E-state index contributed by atoms with van der Waals surface area (Å²) >= 11 is 0. The topological polar surface area (TPSA) is 53.9 Å². The highest BCUT2D eigenvalue weighted by Crippen LogP contribution is 2.21. The summed E-state index contributed by atoms with van der Waals surface area (Å²) in [5.74, 6) is 1.37. The van der Waals surface area contributed by atoms with Crippen molar-refractivity contribution in [3.63, 3.8) is 0 Å². The fraction of sp³-hybridized carbons (Fsp3) is 0.318.